The average molecular weight is 256 g/mol. The molecule has 0 heterocycles. The molecular formula is C7H9BrClFN2. The van der Waals surface area contributed by atoms with Crippen molar-refractivity contribution in [1.82, 2.24) is 5.43 Å². The predicted octanol–water partition coefficient (Wildman–Crippen LogP) is 1.97. The summed E-state index contributed by atoms with van der Waals surface area (Å²) in [5.74, 6) is 4.81. The largest absolute Gasteiger partial charge is 0.271 e. The summed E-state index contributed by atoms with van der Waals surface area (Å²) in [5.41, 5.74) is 2.95. The zero-order chi connectivity index (χ0) is 8.27. The standard InChI is InChI=1S/C7H8BrFN2.ClH/c8-6-2-1-3-7(9)5(6)4-11-10;/h1-3,11H,4,10H2;1H. The minimum Gasteiger partial charge on any atom is -0.271 e. The van der Waals surface area contributed by atoms with Crippen LogP contribution in [0.1, 0.15) is 5.56 Å². The summed E-state index contributed by atoms with van der Waals surface area (Å²) in [7, 11) is 0. The van der Waals surface area contributed by atoms with Gasteiger partial charge in [-0.15, -0.1) is 12.4 Å². The molecule has 0 radical (unpaired) electrons. The molecule has 68 valence electrons. The van der Waals surface area contributed by atoms with Crippen molar-refractivity contribution in [2.45, 2.75) is 6.54 Å². The summed E-state index contributed by atoms with van der Waals surface area (Å²) >= 11 is 3.21. The van der Waals surface area contributed by atoms with E-state index >= 15 is 0 Å². The smallest absolute Gasteiger partial charge is 0.128 e. The third-order valence-electron chi connectivity index (χ3n) is 1.34. The topological polar surface area (TPSA) is 38.0 Å². The number of hydrogen-bond acceptors (Lipinski definition) is 2. The van der Waals surface area contributed by atoms with Crippen molar-refractivity contribution in [3.63, 3.8) is 0 Å². The van der Waals surface area contributed by atoms with Crippen molar-refractivity contribution in [1.29, 1.82) is 0 Å². The van der Waals surface area contributed by atoms with Gasteiger partial charge in [0, 0.05) is 16.6 Å². The van der Waals surface area contributed by atoms with Crippen molar-refractivity contribution >= 4 is 28.3 Å². The van der Waals surface area contributed by atoms with Crippen LogP contribution in [0.15, 0.2) is 22.7 Å². The summed E-state index contributed by atoms with van der Waals surface area (Å²) in [6.07, 6.45) is 0. The fourth-order valence-corrected chi connectivity index (χ4v) is 1.29. The Labute approximate surface area is 84.8 Å². The van der Waals surface area contributed by atoms with Crippen molar-refractivity contribution < 1.29 is 4.39 Å². The predicted molar refractivity (Wildman–Crippen MR) is 52.4 cm³/mol. The Balaban J connectivity index is 0.00000121. The normalized spacial score (nSPS) is 9.25. The molecule has 1 rings (SSSR count). The quantitative estimate of drug-likeness (QED) is 0.626. The lowest BCUT2D eigenvalue weighted by Crippen LogP contribution is -2.21. The number of hydrogen-bond donors (Lipinski definition) is 2. The zero-order valence-electron chi connectivity index (χ0n) is 6.18. The Kier molecular flexibility index (Phi) is 5.41. The molecule has 2 nitrogen and oxygen atoms in total. The van der Waals surface area contributed by atoms with Crippen molar-refractivity contribution in [2.24, 2.45) is 5.84 Å². The molecule has 0 amide bonds. The Morgan fingerprint density at radius 1 is 1.50 bits per heavy atom. The Morgan fingerprint density at radius 3 is 2.67 bits per heavy atom. The molecule has 0 aliphatic rings. The maximum absolute atomic E-state index is 12.9. The first-order chi connectivity index (χ1) is 5.25. The second-order valence-corrected chi connectivity index (χ2v) is 2.94. The van der Waals surface area contributed by atoms with Crippen LogP contribution in [0, 0.1) is 5.82 Å². The summed E-state index contributed by atoms with van der Waals surface area (Å²) < 4.78 is 13.6. The number of hydrazine groups is 1. The van der Waals surface area contributed by atoms with Crippen LogP contribution in [0.3, 0.4) is 0 Å². The minimum atomic E-state index is -0.252. The first-order valence-corrected chi connectivity index (χ1v) is 3.91. The summed E-state index contributed by atoms with van der Waals surface area (Å²) in [6, 6.07) is 4.81. The van der Waals surface area contributed by atoms with Gasteiger partial charge >= 0.3 is 0 Å². The third kappa shape index (κ3) is 2.71. The first-order valence-electron chi connectivity index (χ1n) is 3.12. The zero-order valence-corrected chi connectivity index (χ0v) is 8.58. The highest BCUT2D eigenvalue weighted by atomic mass is 79.9. The van der Waals surface area contributed by atoms with E-state index in [0.717, 1.165) is 4.47 Å². The van der Waals surface area contributed by atoms with E-state index in [-0.39, 0.29) is 18.2 Å². The molecule has 0 fully saturated rings. The second kappa shape index (κ2) is 5.48. The molecule has 0 aliphatic heterocycles. The van der Waals surface area contributed by atoms with Gasteiger partial charge in [-0.3, -0.25) is 11.3 Å². The lowest BCUT2D eigenvalue weighted by Gasteiger charge is -2.03. The average Bonchev–Trinajstić information content (AvgIpc) is 1.97. The van der Waals surface area contributed by atoms with Crippen molar-refractivity contribution in [3.8, 4) is 0 Å². The Bertz CT molecular complexity index is 237. The molecule has 0 aromatic heterocycles. The van der Waals surface area contributed by atoms with Gasteiger partial charge < -0.3 is 0 Å². The van der Waals surface area contributed by atoms with Gasteiger partial charge in [0.15, 0.2) is 0 Å². The van der Waals surface area contributed by atoms with E-state index in [4.69, 9.17) is 5.84 Å². The Morgan fingerprint density at radius 2 is 2.17 bits per heavy atom. The van der Waals surface area contributed by atoms with E-state index in [9.17, 15) is 4.39 Å². The molecule has 12 heavy (non-hydrogen) atoms. The van der Waals surface area contributed by atoms with Gasteiger partial charge in [0.25, 0.3) is 0 Å². The van der Waals surface area contributed by atoms with Gasteiger partial charge in [-0.05, 0) is 12.1 Å². The molecule has 1 aromatic carbocycles. The van der Waals surface area contributed by atoms with Crippen LogP contribution in [0.2, 0.25) is 0 Å². The lowest BCUT2D eigenvalue weighted by molar-refractivity contribution is 0.592. The monoisotopic (exact) mass is 254 g/mol. The molecule has 0 spiro atoms. The number of halogens is 3. The molecule has 3 N–H and O–H groups in total. The highest BCUT2D eigenvalue weighted by Crippen LogP contribution is 2.18. The van der Waals surface area contributed by atoms with Crippen LogP contribution < -0.4 is 11.3 Å². The fraction of sp³-hybridized carbons (Fsp3) is 0.143. The molecule has 0 bridgehead atoms. The number of benzene rings is 1. The van der Waals surface area contributed by atoms with E-state index < -0.39 is 0 Å². The maximum atomic E-state index is 12.9. The van der Waals surface area contributed by atoms with Crippen LogP contribution in [0.5, 0.6) is 0 Å². The number of rotatable bonds is 2. The number of nitrogens with one attached hydrogen (secondary N) is 1. The number of nitrogens with two attached hydrogens (primary N) is 1. The fourth-order valence-electron chi connectivity index (χ4n) is 0.803. The van der Waals surface area contributed by atoms with Crippen molar-refractivity contribution in [2.75, 3.05) is 0 Å². The van der Waals surface area contributed by atoms with Gasteiger partial charge in [-0.25, -0.2) is 4.39 Å². The van der Waals surface area contributed by atoms with Gasteiger partial charge in [0.05, 0.1) is 0 Å². The van der Waals surface area contributed by atoms with Crippen LogP contribution in [-0.2, 0) is 6.54 Å². The highest BCUT2D eigenvalue weighted by Gasteiger charge is 2.03. The molecule has 0 aliphatic carbocycles. The highest BCUT2D eigenvalue weighted by molar-refractivity contribution is 9.10. The summed E-state index contributed by atoms with van der Waals surface area (Å²) in [5, 5.41) is 0. The first kappa shape index (κ1) is 11.8. The van der Waals surface area contributed by atoms with E-state index in [1.165, 1.54) is 6.07 Å². The van der Waals surface area contributed by atoms with Gasteiger partial charge in [-0.2, -0.15) is 0 Å². The SMILES string of the molecule is Cl.NNCc1c(F)cccc1Br. The van der Waals surface area contributed by atoms with Crippen molar-refractivity contribution in [3.05, 3.63) is 34.1 Å². The van der Waals surface area contributed by atoms with E-state index in [0.29, 0.717) is 12.1 Å². The molecule has 0 unspecified atom stereocenters. The van der Waals surface area contributed by atoms with Crippen LogP contribution in [0.4, 0.5) is 4.39 Å². The van der Waals surface area contributed by atoms with Crippen LogP contribution >= 0.6 is 28.3 Å². The van der Waals surface area contributed by atoms with Crippen LogP contribution in [-0.4, -0.2) is 0 Å². The summed E-state index contributed by atoms with van der Waals surface area (Å²) in [4.78, 5) is 0. The molecule has 0 saturated carbocycles. The van der Waals surface area contributed by atoms with Gasteiger partial charge in [-0.1, -0.05) is 22.0 Å². The third-order valence-corrected chi connectivity index (χ3v) is 2.08. The van der Waals surface area contributed by atoms with Gasteiger partial charge in [0.1, 0.15) is 5.82 Å². The Hall–Kier alpha value is -0.160. The lowest BCUT2D eigenvalue weighted by atomic mass is 10.2. The molecular weight excluding hydrogens is 246 g/mol. The minimum absolute atomic E-state index is 0. The summed E-state index contributed by atoms with van der Waals surface area (Å²) in [6.45, 7) is 0.327. The van der Waals surface area contributed by atoms with E-state index in [1.54, 1.807) is 12.1 Å². The molecule has 0 atom stereocenters. The van der Waals surface area contributed by atoms with E-state index in [2.05, 4.69) is 21.4 Å². The molecule has 1 aromatic rings. The van der Waals surface area contributed by atoms with E-state index in [1.807, 2.05) is 0 Å². The second-order valence-electron chi connectivity index (χ2n) is 2.08. The molecule has 0 saturated heterocycles. The van der Waals surface area contributed by atoms with Crippen LogP contribution in [0.25, 0.3) is 0 Å². The maximum Gasteiger partial charge on any atom is 0.128 e. The molecule has 5 heteroatoms. The van der Waals surface area contributed by atoms with Gasteiger partial charge in [0.2, 0.25) is 0 Å².